The van der Waals surface area contributed by atoms with Crippen LogP contribution in [0.3, 0.4) is 0 Å². The number of ketones is 1. The summed E-state index contributed by atoms with van der Waals surface area (Å²) in [6, 6.07) is 7.29. The maximum absolute atomic E-state index is 13.5. The Morgan fingerprint density at radius 1 is 1.17 bits per heavy atom. The Bertz CT molecular complexity index is 1180. The van der Waals surface area contributed by atoms with Crippen LogP contribution in [0.2, 0.25) is 0 Å². The third-order valence-electron chi connectivity index (χ3n) is 6.53. The average molecular weight is 495 g/mol. The van der Waals surface area contributed by atoms with Crippen LogP contribution in [-0.4, -0.2) is 63.3 Å². The first kappa shape index (κ1) is 27.0. The van der Waals surface area contributed by atoms with E-state index in [-0.39, 0.29) is 29.5 Å². The highest BCUT2D eigenvalue weighted by Crippen LogP contribution is 2.40. The second-order valence-corrected chi connectivity index (χ2v) is 9.99. The van der Waals surface area contributed by atoms with E-state index in [1.54, 1.807) is 25.1 Å². The van der Waals surface area contributed by atoms with Gasteiger partial charge >= 0.3 is 0 Å². The van der Waals surface area contributed by atoms with Crippen molar-refractivity contribution in [1.29, 1.82) is 5.41 Å². The standard InChI is InChI=1S/C28H38N4O4/c1-9-31(7)22-12-17(11-21(25(22)35-8)28(3,4)5)23(33)16-32-15-18-13-24(36-10-2)20(27(34)30-6)14-19(18)26(32)29/h11-14,29H,9-10,15-16H2,1-8H3,(H,30,34). The molecule has 0 aliphatic carbocycles. The van der Waals surface area contributed by atoms with Crippen LogP contribution >= 0.6 is 0 Å². The van der Waals surface area contributed by atoms with Gasteiger partial charge in [0, 0.05) is 43.9 Å². The Morgan fingerprint density at radius 3 is 2.42 bits per heavy atom. The highest BCUT2D eigenvalue weighted by Gasteiger charge is 2.30. The van der Waals surface area contributed by atoms with Crippen LogP contribution in [0.25, 0.3) is 0 Å². The molecule has 1 amide bonds. The molecule has 1 heterocycles. The number of amidine groups is 1. The van der Waals surface area contributed by atoms with E-state index in [1.165, 1.54) is 0 Å². The van der Waals surface area contributed by atoms with Gasteiger partial charge in [0.1, 0.15) is 17.3 Å². The molecule has 0 saturated carbocycles. The van der Waals surface area contributed by atoms with E-state index >= 15 is 0 Å². The van der Waals surface area contributed by atoms with Crippen molar-refractivity contribution in [3.8, 4) is 11.5 Å². The van der Waals surface area contributed by atoms with Crippen LogP contribution < -0.4 is 19.7 Å². The van der Waals surface area contributed by atoms with Gasteiger partial charge in [0.2, 0.25) is 0 Å². The van der Waals surface area contributed by atoms with E-state index in [0.29, 0.717) is 35.6 Å². The van der Waals surface area contributed by atoms with E-state index in [1.807, 2.05) is 32.2 Å². The maximum Gasteiger partial charge on any atom is 0.254 e. The van der Waals surface area contributed by atoms with Crippen molar-refractivity contribution in [2.75, 3.05) is 45.8 Å². The number of carbonyl (C=O) groups excluding carboxylic acids is 2. The molecule has 2 aromatic rings. The van der Waals surface area contributed by atoms with Crippen molar-refractivity contribution in [3.05, 3.63) is 52.1 Å². The minimum atomic E-state index is -0.274. The quantitative estimate of drug-likeness (QED) is 0.507. The number of amides is 1. The summed E-state index contributed by atoms with van der Waals surface area (Å²) in [7, 11) is 5.20. The number of carbonyl (C=O) groups is 2. The smallest absolute Gasteiger partial charge is 0.254 e. The first-order valence-electron chi connectivity index (χ1n) is 12.3. The summed E-state index contributed by atoms with van der Waals surface area (Å²) in [6.45, 7) is 11.8. The monoisotopic (exact) mass is 494 g/mol. The van der Waals surface area contributed by atoms with Crippen LogP contribution in [-0.2, 0) is 12.0 Å². The van der Waals surface area contributed by atoms with E-state index in [0.717, 1.165) is 29.1 Å². The number of rotatable bonds is 9. The lowest BCUT2D eigenvalue weighted by Crippen LogP contribution is -2.31. The number of hydrogen-bond donors (Lipinski definition) is 2. The van der Waals surface area contributed by atoms with Gasteiger partial charge in [0.15, 0.2) is 5.78 Å². The van der Waals surface area contributed by atoms with Crippen LogP contribution in [0.5, 0.6) is 11.5 Å². The molecule has 0 fully saturated rings. The summed E-state index contributed by atoms with van der Waals surface area (Å²) in [6.07, 6.45) is 0. The molecule has 2 N–H and O–H groups in total. The molecule has 0 saturated heterocycles. The van der Waals surface area contributed by atoms with Gasteiger partial charge < -0.3 is 24.6 Å². The van der Waals surface area contributed by atoms with Gasteiger partial charge in [0.05, 0.1) is 31.5 Å². The number of methoxy groups -OCH3 is 1. The minimum absolute atomic E-state index is 0.0536. The van der Waals surface area contributed by atoms with Gasteiger partial charge in [-0.3, -0.25) is 15.0 Å². The van der Waals surface area contributed by atoms with Gasteiger partial charge in [-0.05, 0) is 49.1 Å². The van der Waals surface area contributed by atoms with Crippen molar-refractivity contribution < 1.29 is 19.1 Å². The fourth-order valence-electron chi connectivity index (χ4n) is 4.41. The molecule has 0 atom stereocenters. The Hall–Kier alpha value is -3.55. The number of Topliss-reactive ketones (excluding diaryl/α,β-unsaturated/α-hetero) is 1. The lowest BCUT2D eigenvalue weighted by molar-refractivity contribution is 0.0953. The van der Waals surface area contributed by atoms with E-state index in [9.17, 15) is 9.59 Å². The van der Waals surface area contributed by atoms with Crippen molar-refractivity contribution in [2.24, 2.45) is 0 Å². The Labute approximate surface area is 214 Å². The molecule has 8 nitrogen and oxygen atoms in total. The maximum atomic E-state index is 13.5. The zero-order chi connectivity index (χ0) is 26.8. The van der Waals surface area contributed by atoms with Crippen molar-refractivity contribution in [2.45, 2.75) is 46.6 Å². The number of anilines is 1. The fraction of sp³-hybridized carbons (Fsp3) is 0.464. The zero-order valence-corrected chi connectivity index (χ0v) is 22.7. The number of nitrogens with one attached hydrogen (secondary N) is 2. The number of benzene rings is 2. The van der Waals surface area contributed by atoms with E-state index in [4.69, 9.17) is 14.9 Å². The SMILES string of the molecule is CCOc1cc2c(cc1C(=O)NC)C(=N)N(CC(=O)c1cc(N(C)CC)c(OC)c(C(C)(C)C)c1)C2. The second-order valence-electron chi connectivity index (χ2n) is 9.99. The summed E-state index contributed by atoms with van der Waals surface area (Å²) in [5.74, 6) is 1.12. The molecule has 2 aromatic carbocycles. The summed E-state index contributed by atoms with van der Waals surface area (Å²) >= 11 is 0. The van der Waals surface area contributed by atoms with Gasteiger partial charge in [-0.1, -0.05) is 20.8 Å². The number of fused-ring (bicyclic) bond motifs is 1. The van der Waals surface area contributed by atoms with Crippen LogP contribution in [0.4, 0.5) is 5.69 Å². The largest absolute Gasteiger partial charge is 0.494 e. The van der Waals surface area contributed by atoms with Crippen LogP contribution in [0, 0.1) is 5.41 Å². The summed E-state index contributed by atoms with van der Waals surface area (Å²) in [5, 5.41) is 11.4. The predicted molar refractivity (Wildman–Crippen MR) is 143 cm³/mol. The minimum Gasteiger partial charge on any atom is -0.494 e. The number of ether oxygens (including phenoxy) is 2. The Kier molecular flexibility index (Phi) is 7.96. The molecule has 0 unspecified atom stereocenters. The first-order valence-corrected chi connectivity index (χ1v) is 12.3. The molecular formula is C28H38N4O4. The molecule has 3 rings (SSSR count). The van der Waals surface area contributed by atoms with E-state index in [2.05, 4.69) is 37.9 Å². The van der Waals surface area contributed by atoms with Gasteiger partial charge in [-0.15, -0.1) is 0 Å². The third-order valence-corrected chi connectivity index (χ3v) is 6.53. The van der Waals surface area contributed by atoms with Crippen molar-refractivity contribution in [1.82, 2.24) is 10.2 Å². The molecule has 36 heavy (non-hydrogen) atoms. The second kappa shape index (κ2) is 10.6. The normalized spacial score (nSPS) is 12.9. The highest BCUT2D eigenvalue weighted by molar-refractivity contribution is 6.08. The first-order chi connectivity index (χ1) is 17.0. The molecule has 0 radical (unpaired) electrons. The summed E-state index contributed by atoms with van der Waals surface area (Å²) in [4.78, 5) is 29.7. The van der Waals surface area contributed by atoms with Gasteiger partial charge in [-0.25, -0.2) is 0 Å². The lowest BCUT2D eigenvalue weighted by atomic mass is 9.84. The molecule has 194 valence electrons. The Balaban J connectivity index is 1.96. The molecule has 8 heteroatoms. The van der Waals surface area contributed by atoms with E-state index < -0.39 is 0 Å². The third kappa shape index (κ3) is 5.17. The number of hydrogen-bond acceptors (Lipinski definition) is 6. The Morgan fingerprint density at radius 2 is 1.86 bits per heavy atom. The summed E-state index contributed by atoms with van der Waals surface area (Å²) in [5.41, 5.74) is 4.07. The topological polar surface area (TPSA) is 95.0 Å². The van der Waals surface area contributed by atoms with Crippen molar-refractivity contribution in [3.63, 3.8) is 0 Å². The predicted octanol–water partition coefficient (Wildman–Crippen LogP) is 4.23. The molecule has 0 spiro atoms. The molecule has 1 aliphatic heterocycles. The molecule has 0 bridgehead atoms. The van der Waals surface area contributed by atoms with Crippen LogP contribution in [0.15, 0.2) is 24.3 Å². The molecule has 0 aromatic heterocycles. The lowest BCUT2D eigenvalue weighted by Gasteiger charge is -2.28. The fourth-order valence-corrected chi connectivity index (χ4v) is 4.41. The number of nitrogens with zero attached hydrogens (tertiary/aromatic N) is 2. The van der Waals surface area contributed by atoms with Gasteiger partial charge in [-0.2, -0.15) is 0 Å². The van der Waals surface area contributed by atoms with Crippen molar-refractivity contribution >= 4 is 23.2 Å². The zero-order valence-electron chi connectivity index (χ0n) is 22.7. The molecular weight excluding hydrogens is 456 g/mol. The highest BCUT2D eigenvalue weighted by atomic mass is 16.5. The van der Waals surface area contributed by atoms with Crippen LogP contribution in [0.1, 0.15) is 72.0 Å². The molecule has 1 aliphatic rings. The average Bonchev–Trinajstić information content (AvgIpc) is 3.15. The summed E-state index contributed by atoms with van der Waals surface area (Å²) < 4.78 is 11.5. The van der Waals surface area contributed by atoms with Gasteiger partial charge in [0.25, 0.3) is 5.91 Å².